The Morgan fingerprint density at radius 1 is 0.511 bits per heavy atom. The van der Waals surface area contributed by atoms with Gasteiger partial charge in [-0.05, 0) is 137 Å². The van der Waals surface area contributed by atoms with E-state index in [0.717, 1.165) is 40.4 Å². The molecule has 1 nitrogen and oxygen atoms in total. The molecule has 0 aliphatic heterocycles. The van der Waals surface area contributed by atoms with E-state index in [2.05, 4.69) is 89.5 Å². The van der Waals surface area contributed by atoms with Gasteiger partial charge < -0.3 is 4.57 Å². The van der Waals surface area contributed by atoms with Gasteiger partial charge in [0.1, 0.15) is 0 Å². The van der Waals surface area contributed by atoms with Gasteiger partial charge >= 0.3 is 0 Å². The molecule has 1 heteroatoms. The normalized spacial score (nSPS) is 26.6. The van der Waals surface area contributed by atoms with Crippen molar-refractivity contribution in [1.29, 1.82) is 0 Å². The van der Waals surface area contributed by atoms with Crippen LogP contribution in [0.25, 0.3) is 60.9 Å². The van der Waals surface area contributed by atoms with E-state index in [0.29, 0.717) is 5.56 Å². The third-order valence-corrected chi connectivity index (χ3v) is 12.5. The maximum atomic E-state index is 8.46. The Morgan fingerprint density at radius 3 is 1.96 bits per heavy atom. The minimum absolute atomic E-state index is 0.174. The number of rotatable bonds is 3. The van der Waals surface area contributed by atoms with Gasteiger partial charge in [-0.3, -0.25) is 0 Å². The average molecular weight is 609 g/mol. The predicted octanol–water partition coefficient (Wildman–Crippen LogP) is 11.8. The monoisotopic (exact) mass is 608 g/mol. The van der Waals surface area contributed by atoms with Crippen molar-refractivity contribution in [1.82, 2.24) is 4.57 Å². The van der Waals surface area contributed by atoms with E-state index in [1.807, 2.05) is 24.3 Å². The molecular formula is C46H37N. The fourth-order valence-corrected chi connectivity index (χ4v) is 10.9. The SMILES string of the molecule is [2H]c1c([2H])c([2H])c(-c2ccc(-n3c4ccccc4c4cc(-c5ccc6c(c5)-c5ccccc5C65C6CC7CC(C6)CC5C7)ccc43)cc2)c([2H])c1[2H]. The van der Waals surface area contributed by atoms with Crippen LogP contribution in [0.4, 0.5) is 0 Å². The second-order valence-electron chi connectivity index (χ2n) is 14.6. The van der Waals surface area contributed by atoms with Gasteiger partial charge in [-0.1, -0.05) is 103 Å². The standard InChI is InChI=1S/C46H37N/c1-2-8-31(9-3-1)32-14-18-37(19-15-32)47-44-13-7-5-11-39(44)41-28-34(17-21-45(41)47)33-16-20-43-40(27-33)38-10-4-6-12-42(38)46(43)35-23-29-22-30(25-35)26-36(46)24-29/h1-21,27-30,35-36H,22-26H2/i1D,2D,3D,8D,9D. The molecule has 4 bridgehead atoms. The van der Waals surface area contributed by atoms with Crippen LogP contribution in [-0.2, 0) is 5.41 Å². The molecule has 4 saturated carbocycles. The summed E-state index contributed by atoms with van der Waals surface area (Å²) in [6, 6.07) is 38.3. The first kappa shape index (κ1) is 21.8. The van der Waals surface area contributed by atoms with Gasteiger partial charge in [-0.2, -0.15) is 0 Å². The van der Waals surface area contributed by atoms with Crippen molar-refractivity contribution in [2.45, 2.75) is 37.5 Å². The summed E-state index contributed by atoms with van der Waals surface area (Å²) in [6.07, 6.45) is 7.02. The smallest absolute Gasteiger partial charge is 0.0629 e. The van der Waals surface area contributed by atoms with Crippen molar-refractivity contribution in [3.05, 3.63) is 151 Å². The molecule has 0 radical (unpaired) electrons. The van der Waals surface area contributed by atoms with Crippen LogP contribution in [0.2, 0.25) is 0 Å². The Morgan fingerprint density at radius 2 is 1.15 bits per heavy atom. The Labute approximate surface area is 283 Å². The van der Waals surface area contributed by atoms with Crippen molar-refractivity contribution < 1.29 is 6.85 Å². The van der Waals surface area contributed by atoms with Gasteiger partial charge in [0.25, 0.3) is 0 Å². The molecule has 0 unspecified atom stereocenters. The van der Waals surface area contributed by atoms with E-state index in [4.69, 9.17) is 6.85 Å². The topological polar surface area (TPSA) is 4.93 Å². The fraction of sp³-hybridized carbons (Fsp3) is 0.217. The lowest BCUT2D eigenvalue weighted by molar-refractivity contribution is -0.0399. The molecule has 7 aromatic rings. The first-order valence-electron chi connectivity index (χ1n) is 19.8. The summed E-state index contributed by atoms with van der Waals surface area (Å²) >= 11 is 0. The Bertz CT molecular complexity index is 2590. The van der Waals surface area contributed by atoms with Crippen molar-refractivity contribution in [2.75, 3.05) is 0 Å². The van der Waals surface area contributed by atoms with Gasteiger partial charge in [0, 0.05) is 21.9 Å². The highest BCUT2D eigenvalue weighted by atomic mass is 15.0. The van der Waals surface area contributed by atoms with Gasteiger partial charge in [-0.15, -0.1) is 0 Å². The summed E-state index contributed by atoms with van der Waals surface area (Å²) in [5, 5.41) is 2.36. The van der Waals surface area contributed by atoms with E-state index >= 15 is 0 Å². The van der Waals surface area contributed by atoms with Crippen molar-refractivity contribution in [2.24, 2.45) is 23.7 Å². The zero-order chi connectivity index (χ0) is 35.0. The number of benzene rings is 6. The minimum atomic E-state index is -0.378. The van der Waals surface area contributed by atoms with Crippen LogP contribution in [0.5, 0.6) is 0 Å². The highest BCUT2D eigenvalue weighted by Crippen LogP contribution is 2.69. The first-order chi connectivity index (χ1) is 25.3. The van der Waals surface area contributed by atoms with Crippen molar-refractivity contribution in [3.63, 3.8) is 0 Å². The zero-order valence-corrected chi connectivity index (χ0v) is 26.2. The second-order valence-corrected chi connectivity index (χ2v) is 14.6. The summed E-state index contributed by atoms with van der Waals surface area (Å²) < 4.78 is 43.4. The van der Waals surface area contributed by atoms with Crippen LogP contribution in [0.1, 0.15) is 50.1 Å². The molecule has 47 heavy (non-hydrogen) atoms. The lowest BCUT2D eigenvalue weighted by atomic mass is 9.43. The van der Waals surface area contributed by atoms with Gasteiger partial charge in [0.05, 0.1) is 17.9 Å². The van der Waals surface area contributed by atoms with Crippen LogP contribution < -0.4 is 0 Å². The highest BCUT2D eigenvalue weighted by molar-refractivity contribution is 6.10. The average Bonchev–Trinajstić information content (AvgIpc) is 3.65. The molecule has 5 aliphatic carbocycles. The van der Waals surface area contributed by atoms with E-state index < -0.39 is 0 Å². The molecule has 12 rings (SSSR count). The third kappa shape index (κ3) is 3.55. The minimum Gasteiger partial charge on any atom is -0.309 e. The quantitative estimate of drug-likeness (QED) is 0.188. The molecule has 6 aromatic carbocycles. The maximum absolute atomic E-state index is 8.46. The predicted molar refractivity (Wildman–Crippen MR) is 195 cm³/mol. The zero-order valence-electron chi connectivity index (χ0n) is 31.2. The van der Waals surface area contributed by atoms with Crippen molar-refractivity contribution >= 4 is 21.8 Å². The fourth-order valence-electron chi connectivity index (χ4n) is 10.9. The first-order valence-corrected chi connectivity index (χ1v) is 17.3. The highest BCUT2D eigenvalue weighted by Gasteiger charge is 2.61. The molecule has 1 spiro atoms. The van der Waals surface area contributed by atoms with Crippen LogP contribution in [-0.4, -0.2) is 4.57 Å². The van der Waals surface area contributed by atoms with E-state index in [-0.39, 0.29) is 41.2 Å². The van der Waals surface area contributed by atoms with E-state index in [1.165, 1.54) is 65.1 Å². The molecule has 0 N–H and O–H groups in total. The molecular weight excluding hydrogens is 567 g/mol. The Balaban J connectivity index is 1.02. The molecule has 0 atom stereocenters. The van der Waals surface area contributed by atoms with Gasteiger partial charge in [-0.25, -0.2) is 0 Å². The number of aromatic nitrogens is 1. The van der Waals surface area contributed by atoms with Crippen molar-refractivity contribution in [3.8, 4) is 39.1 Å². The Kier molecular flexibility index (Phi) is 4.45. The van der Waals surface area contributed by atoms with Gasteiger partial charge in [0.15, 0.2) is 0 Å². The second kappa shape index (κ2) is 9.58. The lowest BCUT2D eigenvalue weighted by Gasteiger charge is -2.61. The summed E-state index contributed by atoms with van der Waals surface area (Å²) in [7, 11) is 0. The summed E-state index contributed by atoms with van der Waals surface area (Å²) in [5.41, 5.74) is 12.6. The molecule has 226 valence electrons. The summed E-state index contributed by atoms with van der Waals surface area (Å²) in [6.45, 7) is 0. The van der Waals surface area contributed by atoms with Crippen LogP contribution in [0.15, 0.2) is 139 Å². The van der Waals surface area contributed by atoms with Crippen LogP contribution >= 0.6 is 0 Å². The summed E-state index contributed by atoms with van der Waals surface area (Å²) in [4.78, 5) is 0. The number of fused-ring (bicyclic) bond motifs is 6. The summed E-state index contributed by atoms with van der Waals surface area (Å²) in [5.74, 6) is 3.37. The molecule has 0 saturated heterocycles. The lowest BCUT2D eigenvalue weighted by Crippen LogP contribution is -2.55. The molecule has 5 aliphatic rings. The van der Waals surface area contributed by atoms with Crippen LogP contribution in [0.3, 0.4) is 0 Å². The molecule has 1 heterocycles. The van der Waals surface area contributed by atoms with Crippen LogP contribution in [0, 0.1) is 23.7 Å². The van der Waals surface area contributed by atoms with Gasteiger partial charge in [0.2, 0.25) is 0 Å². The number of hydrogen-bond donors (Lipinski definition) is 0. The number of para-hydroxylation sites is 1. The molecule has 4 fully saturated rings. The largest absolute Gasteiger partial charge is 0.309 e. The number of nitrogens with zero attached hydrogens (tertiary/aromatic N) is 1. The molecule has 0 amide bonds. The number of hydrogen-bond acceptors (Lipinski definition) is 0. The van der Waals surface area contributed by atoms with E-state index in [9.17, 15) is 0 Å². The molecule has 1 aromatic heterocycles. The Hall–Kier alpha value is -4.88. The maximum Gasteiger partial charge on any atom is 0.0629 e. The van der Waals surface area contributed by atoms with E-state index in [1.54, 1.807) is 11.1 Å². The third-order valence-electron chi connectivity index (χ3n) is 12.5.